The lowest BCUT2D eigenvalue weighted by atomic mass is 10.00. The summed E-state index contributed by atoms with van der Waals surface area (Å²) in [6.07, 6.45) is 3.32. The molecule has 2 atom stereocenters. The van der Waals surface area contributed by atoms with Crippen LogP contribution < -0.4 is 4.74 Å². The van der Waals surface area contributed by atoms with Gasteiger partial charge in [0.1, 0.15) is 12.4 Å². The van der Waals surface area contributed by atoms with E-state index in [1.807, 2.05) is 15.9 Å². The summed E-state index contributed by atoms with van der Waals surface area (Å²) in [4.78, 5) is 18.8. The van der Waals surface area contributed by atoms with Crippen molar-refractivity contribution in [2.24, 2.45) is 0 Å². The molecule has 0 saturated heterocycles. The van der Waals surface area contributed by atoms with Crippen LogP contribution in [0.4, 0.5) is 0 Å². The van der Waals surface area contributed by atoms with Crippen LogP contribution in [0.5, 0.6) is 5.75 Å². The Hall–Kier alpha value is -2.15. The summed E-state index contributed by atoms with van der Waals surface area (Å²) < 4.78 is 6.23. The van der Waals surface area contributed by atoms with Gasteiger partial charge in [0.05, 0.1) is 18.2 Å². The molecule has 0 saturated carbocycles. The smallest absolute Gasteiger partial charge is 0.237 e. The highest BCUT2D eigenvalue weighted by Crippen LogP contribution is 2.34. The molecule has 0 bridgehead atoms. The topological polar surface area (TPSA) is 53.0 Å². The third-order valence-electron chi connectivity index (χ3n) is 6.02. The number of nitrogens with zero attached hydrogens (tertiary/aromatic N) is 2. The van der Waals surface area contributed by atoms with Crippen LogP contribution in [0.1, 0.15) is 47.9 Å². The van der Waals surface area contributed by atoms with Crippen molar-refractivity contribution < 1.29 is 14.6 Å². The number of hydrogen-bond acceptors (Lipinski definition) is 5. The van der Waals surface area contributed by atoms with Crippen molar-refractivity contribution >= 4 is 17.2 Å². The monoisotopic (exact) mass is 456 g/mol. The first-order valence-electron chi connectivity index (χ1n) is 11.4. The first kappa shape index (κ1) is 24.5. The predicted octanol–water partition coefficient (Wildman–Crippen LogP) is 4.52. The van der Waals surface area contributed by atoms with E-state index in [0.717, 1.165) is 30.7 Å². The third-order valence-corrected chi connectivity index (χ3v) is 7.02. The van der Waals surface area contributed by atoms with E-state index in [9.17, 15) is 9.90 Å². The van der Waals surface area contributed by atoms with Crippen LogP contribution in [0.25, 0.3) is 0 Å². The minimum absolute atomic E-state index is 0.0735. The molecule has 174 valence electrons. The van der Waals surface area contributed by atoms with E-state index in [1.54, 1.807) is 24.3 Å². The fraction of sp³-hybridized carbons (Fsp3) is 0.500. The van der Waals surface area contributed by atoms with Crippen LogP contribution in [0, 0.1) is 13.8 Å². The van der Waals surface area contributed by atoms with Crippen molar-refractivity contribution in [3.63, 3.8) is 0 Å². The Morgan fingerprint density at radius 3 is 2.88 bits per heavy atom. The first-order valence-corrected chi connectivity index (χ1v) is 12.3. The Labute approximate surface area is 196 Å². The lowest BCUT2D eigenvalue weighted by molar-refractivity contribution is -0.136. The second kappa shape index (κ2) is 10.6. The number of fused-ring (bicyclic) bond motifs is 1. The molecule has 6 heteroatoms. The van der Waals surface area contributed by atoms with E-state index >= 15 is 0 Å². The molecule has 3 rings (SSSR count). The van der Waals surface area contributed by atoms with E-state index in [-0.39, 0.29) is 18.5 Å². The normalized spacial score (nSPS) is 17.7. The summed E-state index contributed by atoms with van der Waals surface area (Å²) in [6, 6.07) is 8.19. The number of aliphatic hydroxyl groups is 1. The zero-order chi connectivity index (χ0) is 23.3. The van der Waals surface area contributed by atoms with Gasteiger partial charge in [-0.1, -0.05) is 30.7 Å². The molecule has 32 heavy (non-hydrogen) atoms. The number of benzene rings is 1. The summed E-state index contributed by atoms with van der Waals surface area (Å²) in [6.45, 7) is 14.2. The summed E-state index contributed by atoms with van der Waals surface area (Å²) in [5.41, 5.74) is 2.48. The van der Waals surface area contributed by atoms with Gasteiger partial charge in [-0.15, -0.1) is 17.9 Å². The van der Waals surface area contributed by atoms with Crippen molar-refractivity contribution in [1.82, 2.24) is 9.80 Å². The van der Waals surface area contributed by atoms with Crippen LogP contribution in [0.2, 0.25) is 0 Å². The fourth-order valence-electron chi connectivity index (χ4n) is 4.33. The molecule has 1 aliphatic heterocycles. The fourth-order valence-corrected chi connectivity index (χ4v) is 5.26. The molecular formula is C26H36N2O3S. The van der Waals surface area contributed by atoms with Gasteiger partial charge in [-0.3, -0.25) is 9.69 Å². The molecular weight excluding hydrogens is 420 g/mol. The largest absolute Gasteiger partial charge is 0.491 e. The number of ether oxygens (including phenoxy) is 1. The van der Waals surface area contributed by atoms with Crippen molar-refractivity contribution in [3.05, 3.63) is 63.9 Å². The number of rotatable bonds is 10. The van der Waals surface area contributed by atoms with Gasteiger partial charge in [0.2, 0.25) is 5.91 Å². The molecule has 2 aromatic rings. The third kappa shape index (κ3) is 6.00. The molecule has 0 aliphatic carbocycles. The lowest BCUT2D eigenvalue weighted by Gasteiger charge is -2.38. The zero-order valence-corrected chi connectivity index (χ0v) is 20.6. The average molecular weight is 457 g/mol. The standard InChI is InChI=1S/C26H36N2O3S/c1-6-12-27(18-26(5,30)7-2)16-25(29)28-13-10-24-21(11-14-32-24)22(28)17-31-23-9-8-19(3)15-20(23)4/h7-9,11,14-15,22,30H,2,6,10,12-13,16-18H2,1,3-5H3/t22-,26+/m1/s1. The first-order chi connectivity index (χ1) is 15.2. The molecule has 0 fully saturated rings. The van der Waals surface area contributed by atoms with E-state index in [0.29, 0.717) is 19.7 Å². The highest BCUT2D eigenvalue weighted by molar-refractivity contribution is 7.10. The van der Waals surface area contributed by atoms with Gasteiger partial charge >= 0.3 is 0 Å². The maximum absolute atomic E-state index is 13.4. The number of carbonyl (C=O) groups excluding carboxylic acids is 1. The van der Waals surface area contributed by atoms with Crippen molar-refractivity contribution in [2.75, 3.05) is 32.8 Å². The van der Waals surface area contributed by atoms with Crippen LogP contribution in [0.15, 0.2) is 42.3 Å². The maximum Gasteiger partial charge on any atom is 0.237 e. The number of aryl methyl sites for hydroxylation is 2. The second-order valence-corrected chi connectivity index (χ2v) is 10.0. The van der Waals surface area contributed by atoms with Crippen molar-refractivity contribution in [3.8, 4) is 5.75 Å². The molecule has 0 unspecified atom stereocenters. The molecule has 1 aromatic carbocycles. The Kier molecular flexibility index (Phi) is 8.15. The van der Waals surface area contributed by atoms with Crippen LogP contribution in [-0.2, 0) is 11.2 Å². The summed E-state index contributed by atoms with van der Waals surface area (Å²) in [7, 11) is 0. The maximum atomic E-state index is 13.4. The lowest BCUT2D eigenvalue weighted by Crippen LogP contribution is -2.49. The molecule has 1 aliphatic rings. The molecule has 0 radical (unpaired) electrons. The van der Waals surface area contributed by atoms with Gasteiger partial charge in [-0.05, 0) is 68.8 Å². The van der Waals surface area contributed by atoms with Crippen LogP contribution in [-0.4, -0.2) is 59.2 Å². The highest BCUT2D eigenvalue weighted by atomic mass is 32.1. The number of thiophene rings is 1. The molecule has 0 spiro atoms. The Morgan fingerprint density at radius 2 is 2.19 bits per heavy atom. The van der Waals surface area contributed by atoms with E-state index < -0.39 is 5.60 Å². The highest BCUT2D eigenvalue weighted by Gasteiger charge is 2.33. The minimum atomic E-state index is -1.02. The Balaban J connectivity index is 1.76. The molecule has 1 amide bonds. The minimum Gasteiger partial charge on any atom is -0.491 e. The average Bonchev–Trinajstić information content (AvgIpc) is 3.22. The number of hydrogen-bond donors (Lipinski definition) is 1. The van der Waals surface area contributed by atoms with Crippen LogP contribution in [0.3, 0.4) is 0 Å². The molecule has 5 nitrogen and oxygen atoms in total. The Bertz CT molecular complexity index is 937. The van der Waals surface area contributed by atoms with E-state index in [4.69, 9.17) is 4.74 Å². The second-order valence-electron chi connectivity index (χ2n) is 9.00. The quantitative estimate of drug-likeness (QED) is 0.534. The van der Waals surface area contributed by atoms with Gasteiger partial charge in [0.25, 0.3) is 0 Å². The van der Waals surface area contributed by atoms with Gasteiger partial charge < -0.3 is 14.7 Å². The Morgan fingerprint density at radius 1 is 1.41 bits per heavy atom. The van der Waals surface area contributed by atoms with Crippen molar-refractivity contribution in [2.45, 2.75) is 52.2 Å². The zero-order valence-electron chi connectivity index (χ0n) is 19.8. The number of amides is 1. The molecule has 2 heterocycles. The predicted molar refractivity (Wildman–Crippen MR) is 131 cm³/mol. The van der Waals surface area contributed by atoms with Crippen molar-refractivity contribution in [1.29, 1.82) is 0 Å². The SMILES string of the molecule is C=C[C@](C)(O)CN(CCC)CC(=O)N1CCc2sccc2[C@H]1COc1ccc(C)cc1C. The van der Waals surface area contributed by atoms with E-state index in [1.165, 1.54) is 16.0 Å². The molecule has 1 N–H and O–H groups in total. The van der Waals surface area contributed by atoms with Gasteiger partial charge in [-0.25, -0.2) is 0 Å². The summed E-state index contributed by atoms with van der Waals surface area (Å²) in [5, 5.41) is 12.6. The van der Waals surface area contributed by atoms with E-state index in [2.05, 4.69) is 50.9 Å². The van der Waals surface area contributed by atoms with Crippen LogP contribution >= 0.6 is 11.3 Å². The van der Waals surface area contributed by atoms with Gasteiger partial charge in [0.15, 0.2) is 0 Å². The van der Waals surface area contributed by atoms with Gasteiger partial charge in [0, 0.05) is 18.0 Å². The molecule has 1 aromatic heterocycles. The summed E-state index contributed by atoms with van der Waals surface area (Å²) in [5.74, 6) is 0.935. The number of carbonyl (C=O) groups is 1. The summed E-state index contributed by atoms with van der Waals surface area (Å²) >= 11 is 1.75. The van der Waals surface area contributed by atoms with Gasteiger partial charge in [-0.2, -0.15) is 0 Å².